The van der Waals surface area contributed by atoms with E-state index in [1.807, 2.05) is 13.8 Å². The summed E-state index contributed by atoms with van der Waals surface area (Å²) >= 11 is 0. The van der Waals surface area contributed by atoms with Gasteiger partial charge in [0, 0.05) is 30.8 Å². The van der Waals surface area contributed by atoms with E-state index in [0.717, 1.165) is 25.9 Å². The van der Waals surface area contributed by atoms with Gasteiger partial charge in [0.15, 0.2) is 0 Å². The van der Waals surface area contributed by atoms with Crippen molar-refractivity contribution in [1.29, 1.82) is 0 Å². The summed E-state index contributed by atoms with van der Waals surface area (Å²) in [6.07, 6.45) is 2.19. The van der Waals surface area contributed by atoms with Crippen molar-refractivity contribution in [2.24, 2.45) is 5.92 Å². The molecule has 0 bridgehead atoms. The topological polar surface area (TPSA) is 75.5 Å². The first-order chi connectivity index (χ1) is 10.4. The smallest absolute Gasteiger partial charge is 0.293 e. The molecule has 1 N–H and O–H groups in total. The third kappa shape index (κ3) is 3.75. The highest BCUT2D eigenvalue weighted by atomic mass is 16.6. The summed E-state index contributed by atoms with van der Waals surface area (Å²) in [5, 5.41) is 14.1. The number of nitrogens with zero attached hydrogens (tertiary/aromatic N) is 2. The van der Waals surface area contributed by atoms with Crippen molar-refractivity contribution in [1.82, 2.24) is 5.32 Å². The molecule has 1 aliphatic heterocycles. The van der Waals surface area contributed by atoms with Crippen LogP contribution in [0.2, 0.25) is 0 Å². The average Bonchev–Trinajstić information content (AvgIpc) is 2.45. The highest BCUT2D eigenvalue weighted by molar-refractivity contribution is 5.95. The second kappa shape index (κ2) is 6.77. The molecule has 1 fully saturated rings. The van der Waals surface area contributed by atoms with Crippen molar-refractivity contribution < 1.29 is 9.72 Å². The molecule has 6 nitrogen and oxygen atoms in total. The van der Waals surface area contributed by atoms with Gasteiger partial charge < -0.3 is 10.2 Å². The predicted octanol–water partition coefficient (Wildman–Crippen LogP) is 2.97. The molecule has 1 unspecified atom stereocenters. The van der Waals surface area contributed by atoms with Crippen molar-refractivity contribution in [2.45, 2.75) is 39.7 Å². The molecule has 0 radical (unpaired) electrons. The summed E-state index contributed by atoms with van der Waals surface area (Å²) in [4.78, 5) is 25.1. The summed E-state index contributed by atoms with van der Waals surface area (Å²) in [5.74, 6) is 0.244. The minimum absolute atomic E-state index is 0.00510. The van der Waals surface area contributed by atoms with Crippen molar-refractivity contribution in [3.63, 3.8) is 0 Å². The molecule has 0 spiro atoms. The second-order valence-corrected chi connectivity index (χ2v) is 6.28. The lowest BCUT2D eigenvalue weighted by Gasteiger charge is -2.32. The molecule has 1 saturated heterocycles. The van der Waals surface area contributed by atoms with Crippen LogP contribution in [0.1, 0.15) is 44.0 Å². The molecule has 1 aromatic carbocycles. The monoisotopic (exact) mass is 305 g/mol. The number of anilines is 1. The van der Waals surface area contributed by atoms with Crippen LogP contribution in [0.4, 0.5) is 11.4 Å². The van der Waals surface area contributed by atoms with Crippen LogP contribution >= 0.6 is 0 Å². The van der Waals surface area contributed by atoms with Crippen LogP contribution in [0.25, 0.3) is 0 Å². The third-order valence-corrected chi connectivity index (χ3v) is 3.85. The molecule has 120 valence electrons. The van der Waals surface area contributed by atoms with Crippen molar-refractivity contribution >= 4 is 17.3 Å². The van der Waals surface area contributed by atoms with Gasteiger partial charge in [0.05, 0.1) is 4.92 Å². The first-order valence-electron chi connectivity index (χ1n) is 7.72. The van der Waals surface area contributed by atoms with Crippen molar-refractivity contribution in [2.75, 3.05) is 18.0 Å². The maximum absolute atomic E-state index is 12.0. The Labute approximate surface area is 130 Å². The number of nitrogens with one attached hydrogen (secondary N) is 1. The van der Waals surface area contributed by atoms with Gasteiger partial charge in [-0.05, 0) is 44.7 Å². The van der Waals surface area contributed by atoms with Gasteiger partial charge in [-0.3, -0.25) is 14.9 Å². The largest absolute Gasteiger partial charge is 0.366 e. The van der Waals surface area contributed by atoms with Gasteiger partial charge in [0.25, 0.3) is 11.6 Å². The summed E-state index contributed by atoms with van der Waals surface area (Å²) in [6.45, 7) is 7.51. The molecule has 2 rings (SSSR count). The number of nitro groups is 1. The minimum Gasteiger partial charge on any atom is -0.366 e. The summed E-state index contributed by atoms with van der Waals surface area (Å²) in [6, 6.07) is 4.74. The maximum atomic E-state index is 12.0. The van der Waals surface area contributed by atoms with Gasteiger partial charge in [-0.25, -0.2) is 0 Å². The molecule has 6 heteroatoms. The van der Waals surface area contributed by atoms with Crippen molar-refractivity contribution in [3.05, 3.63) is 33.9 Å². The number of carbonyl (C=O) groups excluding carboxylic acids is 1. The minimum atomic E-state index is -0.402. The zero-order valence-corrected chi connectivity index (χ0v) is 13.3. The van der Waals surface area contributed by atoms with E-state index in [1.54, 1.807) is 12.1 Å². The van der Waals surface area contributed by atoms with Crippen LogP contribution in [-0.4, -0.2) is 30.0 Å². The van der Waals surface area contributed by atoms with Gasteiger partial charge in [-0.15, -0.1) is 0 Å². The standard InChI is InChI=1S/C16H23N3O3/c1-11(2)17-16(20)13-6-7-14(15(9-13)19(21)22)18-8-4-5-12(3)10-18/h6-7,9,11-12H,4-5,8,10H2,1-3H3,(H,17,20). The Morgan fingerprint density at radius 3 is 2.77 bits per heavy atom. The fourth-order valence-corrected chi connectivity index (χ4v) is 2.83. The number of nitro benzene ring substituents is 1. The molecule has 0 aliphatic carbocycles. The Hall–Kier alpha value is -2.11. The molecule has 0 saturated carbocycles. The molecule has 22 heavy (non-hydrogen) atoms. The maximum Gasteiger partial charge on any atom is 0.293 e. The Morgan fingerprint density at radius 2 is 2.18 bits per heavy atom. The lowest BCUT2D eigenvalue weighted by Crippen LogP contribution is -2.35. The number of carbonyl (C=O) groups is 1. The fraction of sp³-hybridized carbons (Fsp3) is 0.562. The normalized spacial score (nSPS) is 18.4. The lowest BCUT2D eigenvalue weighted by molar-refractivity contribution is -0.384. The average molecular weight is 305 g/mol. The lowest BCUT2D eigenvalue weighted by atomic mass is 9.99. The molecular formula is C16H23N3O3. The number of amides is 1. The Morgan fingerprint density at radius 1 is 1.45 bits per heavy atom. The molecule has 1 atom stereocenters. The van der Waals surface area contributed by atoms with E-state index >= 15 is 0 Å². The zero-order valence-electron chi connectivity index (χ0n) is 13.3. The first kappa shape index (κ1) is 16.3. The fourth-order valence-electron chi connectivity index (χ4n) is 2.83. The first-order valence-corrected chi connectivity index (χ1v) is 7.72. The predicted molar refractivity (Wildman–Crippen MR) is 86.3 cm³/mol. The van der Waals surface area contributed by atoms with E-state index < -0.39 is 4.92 Å². The SMILES string of the molecule is CC1CCCN(c2ccc(C(=O)NC(C)C)cc2[N+](=O)[O-])C1. The second-order valence-electron chi connectivity index (χ2n) is 6.28. The molecular weight excluding hydrogens is 282 g/mol. The Kier molecular flexibility index (Phi) is 5.00. The Bertz CT molecular complexity index is 572. The van der Waals surface area contributed by atoms with Gasteiger partial charge in [0.2, 0.25) is 0 Å². The van der Waals surface area contributed by atoms with Crippen LogP contribution in [0.3, 0.4) is 0 Å². The van der Waals surface area contributed by atoms with E-state index in [9.17, 15) is 14.9 Å². The van der Waals surface area contributed by atoms with Crippen LogP contribution in [-0.2, 0) is 0 Å². The van der Waals surface area contributed by atoms with Crippen LogP contribution in [0, 0.1) is 16.0 Å². The zero-order chi connectivity index (χ0) is 16.3. The molecule has 1 heterocycles. The number of hydrogen-bond donors (Lipinski definition) is 1. The van der Waals surface area contributed by atoms with E-state index in [2.05, 4.69) is 17.1 Å². The van der Waals surface area contributed by atoms with Gasteiger partial charge >= 0.3 is 0 Å². The number of benzene rings is 1. The quantitative estimate of drug-likeness (QED) is 0.685. The number of piperidine rings is 1. The summed E-state index contributed by atoms with van der Waals surface area (Å²) in [7, 11) is 0. The highest BCUT2D eigenvalue weighted by Crippen LogP contribution is 2.32. The van der Waals surface area contributed by atoms with E-state index in [-0.39, 0.29) is 17.6 Å². The van der Waals surface area contributed by atoms with Crippen LogP contribution < -0.4 is 10.2 Å². The van der Waals surface area contributed by atoms with Crippen LogP contribution in [0.5, 0.6) is 0 Å². The van der Waals surface area contributed by atoms with E-state index in [4.69, 9.17) is 0 Å². The van der Waals surface area contributed by atoms with Crippen molar-refractivity contribution in [3.8, 4) is 0 Å². The van der Waals surface area contributed by atoms with Crippen LogP contribution in [0.15, 0.2) is 18.2 Å². The highest BCUT2D eigenvalue weighted by Gasteiger charge is 2.25. The summed E-state index contributed by atoms with van der Waals surface area (Å²) < 4.78 is 0. The molecule has 1 amide bonds. The van der Waals surface area contributed by atoms with Gasteiger partial charge in [-0.1, -0.05) is 6.92 Å². The van der Waals surface area contributed by atoms with E-state index in [1.165, 1.54) is 6.07 Å². The number of hydrogen-bond acceptors (Lipinski definition) is 4. The number of rotatable bonds is 4. The van der Waals surface area contributed by atoms with Gasteiger partial charge in [0.1, 0.15) is 5.69 Å². The van der Waals surface area contributed by atoms with E-state index in [0.29, 0.717) is 17.2 Å². The summed E-state index contributed by atoms with van der Waals surface area (Å²) in [5.41, 5.74) is 0.942. The molecule has 1 aromatic rings. The third-order valence-electron chi connectivity index (χ3n) is 3.85. The van der Waals surface area contributed by atoms with Gasteiger partial charge in [-0.2, -0.15) is 0 Å². The molecule has 0 aromatic heterocycles. The Balaban J connectivity index is 2.31. The molecule has 1 aliphatic rings.